The van der Waals surface area contributed by atoms with Gasteiger partial charge in [0.2, 0.25) is 0 Å². The molecule has 0 aliphatic rings. The Hall–Kier alpha value is -3.05. The van der Waals surface area contributed by atoms with Crippen LogP contribution in [0.5, 0.6) is 5.75 Å². The Kier molecular flexibility index (Phi) is 5.41. The van der Waals surface area contributed by atoms with E-state index in [0.717, 1.165) is 44.4 Å². The second kappa shape index (κ2) is 8.13. The zero-order valence-corrected chi connectivity index (χ0v) is 17.4. The van der Waals surface area contributed by atoms with Crippen LogP contribution >= 0.6 is 11.6 Å². The summed E-state index contributed by atoms with van der Waals surface area (Å²) in [6.45, 7) is 4.98. The average Bonchev–Trinajstić information content (AvgIpc) is 3.14. The summed E-state index contributed by atoms with van der Waals surface area (Å²) in [5, 5.41) is 5.18. The number of aromatic nitrogens is 3. The highest BCUT2D eigenvalue weighted by atomic mass is 35.5. The lowest BCUT2D eigenvalue weighted by atomic mass is 10.1. The van der Waals surface area contributed by atoms with Gasteiger partial charge in [-0.05, 0) is 67.4 Å². The Balaban J connectivity index is 1.74. The Bertz CT molecular complexity index is 1120. The molecule has 0 amide bonds. The zero-order chi connectivity index (χ0) is 20.4. The second-order valence-electron chi connectivity index (χ2n) is 7.16. The maximum Gasteiger partial charge on any atom is 0.146 e. The number of benzene rings is 2. The Labute approximate surface area is 175 Å². The van der Waals surface area contributed by atoms with E-state index in [1.807, 2.05) is 36.4 Å². The van der Waals surface area contributed by atoms with Crippen LogP contribution in [0.3, 0.4) is 0 Å². The molecule has 29 heavy (non-hydrogen) atoms. The molecule has 0 saturated heterocycles. The Morgan fingerprint density at radius 2 is 1.76 bits per heavy atom. The molecule has 0 aliphatic carbocycles. The molecule has 5 nitrogen and oxygen atoms in total. The first-order valence-corrected chi connectivity index (χ1v) is 9.93. The average molecular weight is 407 g/mol. The van der Waals surface area contributed by atoms with Crippen molar-refractivity contribution < 1.29 is 4.74 Å². The normalized spacial score (nSPS) is 11.2. The molecule has 0 aliphatic heterocycles. The van der Waals surface area contributed by atoms with Gasteiger partial charge in [-0.3, -0.25) is 0 Å². The molecule has 2 aromatic carbocycles. The minimum absolute atomic E-state index is 0.253. The van der Waals surface area contributed by atoms with Crippen LogP contribution in [-0.4, -0.2) is 21.6 Å². The monoisotopic (exact) mass is 406 g/mol. The minimum Gasteiger partial charge on any atom is -0.497 e. The van der Waals surface area contributed by atoms with Crippen molar-refractivity contribution in [3.63, 3.8) is 0 Å². The van der Waals surface area contributed by atoms with E-state index in [2.05, 4.69) is 51.9 Å². The van der Waals surface area contributed by atoms with E-state index in [9.17, 15) is 0 Å². The van der Waals surface area contributed by atoms with Crippen molar-refractivity contribution in [3.05, 3.63) is 71.5 Å². The summed E-state index contributed by atoms with van der Waals surface area (Å²) in [7, 11) is 1.67. The van der Waals surface area contributed by atoms with Crippen LogP contribution in [0.25, 0.3) is 22.3 Å². The molecular weight excluding hydrogens is 384 g/mol. The largest absolute Gasteiger partial charge is 0.497 e. The fraction of sp³-hybridized carbons (Fsp3) is 0.217. The molecule has 0 fully saturated rings. The summed E-state index contributed by atoms with van der Waals surface area (Å²) in [6.07, 6.45) is 1.61. The number of hydrogen-bond donors (Lipinski definition) is 1. The first kappa shape index (κ1) is 19.3. The summed E-state index contributed by atoms with van der Waals surface area (Å²) in [4.78, 5) is 9.07. The maximum absolute atomic E-state index is 5.98. The van der Waals surface area contributed by atoms with Gasteiger partial charge >= 0.3 is 0 Å². The summed E-state index contributed by atoms with van der Waals surface area (Å²) in [6, 6.07) is 18.3. The Morgan fingerprint density at radius 1 is 1.03 bits per heavy atom. The van der Waals surface area contributed by atoms with Gasteiger partial charge in [-0.15, -0.1) is 0 Å². The topological polar surface area (TPSA) is 52.0 Å². The number of hydrogen-bond acceptors (Lipinski definition) is 4. The summed E-state index contributed by atoms with van der Waals surface area (Å²) < 4.78 is 7.54. The van der Waals surface area contributed by atoms with E-state index in [1.165, 1.54) is 0 Å². The fourth-order valence-corrected chi connectivity index (χ4v) is 3.59. The third-order valence-corrected chi connectivity index (χ3v) is 5.16. The summed E-state index contributed by atoms with van der Waals surface area (Å²) >= 11 is 5.98. The predicted octanol–water partition coefficient (Wildman–Crippen LogP) is 5.95. The molecule has 2 aromatic heterocycles. The van der Waals surface area contributed by atoms with Crippen LogP contribution in [0.4, 0.5) is 5.82 Å². The van der Waals surface area contributed by atoms with Crippen molar-refractivity contribution in [1.29, 1.82) is 0 Å². The zero-order valence-electron chi connectivity index (χ0n) is 16.7. The van der Waals surface area contributed by atoms with E-state index in [1.54, 1.807) is 13.4 Å². The van der Waals surface area contributed by atoms with E-state index in [-0.39, 0.29) is 6.04 Å². The van der Waals surface area contributed by atoms with Gasteiger partial charge in [0.25, 0.3) is 0 Å². The molecule has 0 radical (unpaired) electrons. The highest BCUT2D eigenvalue weighted by Gasteiger charge is 2.17. The van der Waals surface area contributed by atoms with Crippen molar-refractivity contribution in [2.24, 2.45) is 0 Å². The first-order valence-electron chi connectivity index (χ1n) is 9.55. The number of halogens is 1. The predicted molar refractivity (Wildman–Crippen MR) is 119 cm³/mol. The van der Waals surface area contributed by atoms with E-state index >= 15 is 0 Å². The van der Waals surface area contributed by atoms with E-state index < -0.39 is 0 Å². The fourth-order valence-electron chi connectivity index (χ4n) is 3.47. The molecule has 0 atom stereocenters. The summed E-state index contributed by atoms with van der Waals surface area (Å²) in [5.41, 5.74) is 4.27. The number of nitrogens with zero attached hydrogens (tertiary/aromatic N) is 3. The third kappa shape index (κ3) is 3.91. The van der Waals surface area contributed by atoms with Gasteiger partial charge < -0.3 is 14.6 Å². The van der Waals surface area contributed by atoms with E-state index in [0.29, 0.717) is 6.54 Å². The quantitative estimate of drug-likeness (QED) is 0.429. The van der Waals surface area contributed by atoms with Gasteiger partial charge in [-0.1, -0.05) is 23.7 Å². The van der Waals surface area contributed by atoms with Crippen LogP contribution in [0, 0.1) is 0 Å². The van der Waals surface area contributed by atoms with Gasteiger partial charge in [0.05, 0.1) is 18.2 Å². The van der Waals surface area contributed by atoms with E-state index in [4.69, 9.17) is 16.3 Å². The molecule has 0 saturated carbocycles. The molecule has 0 bridgehead atoms. The van der Waals surface area contributed by atoms with Gasteiger partial charge in [0.15, 0.2) is 0 Å². The van der Waals surface area contributed by atoms with Crippen molar-refractivity contribution >= 4 is 28.5 Å². The molecule has 148 valence electrons. The molecule has 4 aromatic rings. The van der Waals surface area contributed by atoms with Crippen molar-refractivity contribution in [3.8, 4) is 17.0 Å². The van der Waals surface area contributed by atoms with Crippen LogP contribution in [0.1, 0.15) is 25.5 Å². The second-order valence-corrected chi connectivity index (χ2v) is 7.60. The maximum atomic E-state index is 5.98. The first-order chi connectivity index (χ1) is 14.1. The molecule has 2 heterocycles. The lowest BCUT2D eigenvalue weighted by Crippen LogP contribution is -2.05. The molecule has 6 heteroatoms. The molecule has 1 N–H and O–H groups in total. The minimum atomic E-state index is 0.253. The highest BCUT2D eigenvalue weighted by molar-refractivity contribution is 6.30. The SMILES string of the molecule is COc1ccc(-c2cc3c(NCc4ccc(Cl)cc4)ncnc3n2C(C)C)cc1. The number of anilines is 1. The van der Waals surface area contributed by atoms with Gasteiger partial charge in [-0.2, -0.15) is 0 Å². The van der Waals surface area contributed by atoms with Gasteiger partial charge in [0, 0.05) is 17.6 Å². The number of ether oxygens (including phenoxy) is 1. The summed E-state index contributed by atoms with van der Waals surface area (Å²) in [5.74, 6) is 1.66. The smallest absolute Gasteiger partial charge is 0.146 e. The number of fused-ring (bicyclic) bond motifs is 1. The molecule has 0 spiro atoms. The lowest BCUT2D eigenvalue weighted by Gasteiger charge is -2.14. The van der Waals surface area contributed by atoms with Crippen LogP contribution in [-0.2, 0) is 6.54 Å². The van der Waals surface area contributed by atoms with Crippen molar-refractivity contribution in [2.75, 3.05) is 12.4 Å². The molecule has 0 unspecified atom stereocenters. The standard InChI is InChI=1S/C23H23ClN4O/c1-15(2)28-21(17-6-10-19(29-3)11-7-17)12-20-22(26-14-27-23(20)28)25-13-16-4-8-18(24)9-5-16/h4-12,14-15H,13H2,1-3H3,(H,25,26,27). The molecule has 4 rings (SSSR count). The number of methoxy groups -OCH3 is 1. The third-order valence-electron chi connectivity index (χ3n) is 4.91. The van der Waals surface area contributed by atoms with Crippen LogP contribution in [0.2, 0.25) is 5.02 Å². The Morgan fingerprint density at radius 3 is 2.41 bits per heavy atom. The lowest BCUT2D eigenvalue weighted by molar-refractivity contribution is 0.415. The van der Waals surface area contributed by atoms with Crippen LogP contribution < -0.4 is 10.1 Å². The number of nitrogens with one attached hydrogen (secondary N) is 1. The van der Waals surface area contributed by atoms with Crippen molar-refractivity contribution in [1.82, 2.24) is 14.5 Å². The number of rotatable bonds is 6. The highest BCUT2D eigenvalue weighted by Crippen LogP contribution is 2.33. The van der Waals surface area contributed by atoms with Crippen LogP contribution in [0.15, 0.2) is 60.9 Å². The van der Waals surface area contributed by atoms with Gasteiger partial charge in [-0.25, -0.2) is 9.97 Å². The van der Waals surface area contributed by atoms with Crippen molar-refractivity contribution in [2.45, 2.75) is 26.4 Å². The van der Waals surface area contributed by atoms with Gasteiger partial charge in [0.1, 0.15) is 23.5 Å². The molecular formula is C23H23ClN4O.